The number of hydrogen-bond donors (Lipinski definition) is 0. The van der Waals surface area contributed by atoms with E-state index in [-0.39, 0.29) is 24.3 Å². The van der Waals surface area contributed by atoms with Crippen LogP contribution in [-0.4, -0.2) is 18.7 Å². The number of benzene rings is 1. The number of esters is 1. The molecule has 7 heteroatoms. The number of ether oxygens (including phenoxy) is 1. The molecule has 1 rings (SSSR count). The summed E-state index contributed by atoms with van der Waals surface area (Å²) in [6.45, 7) is 6.24. The largest absolute Gasteiger partial charge is 0.423 e. The van der Waals surface area contributed by atoms with Crippen LogP contribution in [0.25, 0.3) is 0 Å². The molecule has 0 amide bonds. The highest BCUT2D eigenvalue weighted by atomic mass is 19.4. The molecule has 0 aliphatic carbocycles. The molecular weight excluding hydrogens is 299 g/mol. The number of carbonyl (C=O) groups is 1. The van der Waals surface area contributed by atoms with Crippen molar-refractivity contribution >= 4 is 17.7 Å². The Balaban J connectivity index is 3.24. The minimum absolute atomic E-state index is 0.0802. The van der Waals surface area contributed by atoms with E-state index in [1.54, 1.807) is 0 Å². The van der Waals surface area contributed by atoms with Crippen LogP contribution in [0.2, 0.25) is 0 Å². The summed E-state index contributed by atoms with van der Waals surface area (Å²) >= 11 is 0. The molecule has 0 saturated heterocycles. The first-order valence-electron chi connectivity index (χ1n) is 6.36. The van der Waals surface area contributed by atoms with Gasteiger partial charge in [-0.25, -0.2) is 4.79 Å². The Morgan fingerprint density at radius 3 is 2.50 bits per heavy atom. The standard InChI is InChI=1S/C15H15F3NO3/c1-4-22-13(21)14(2,3)8-10-5-6-11(19-9-20)7-12(10)15(16,17)18/h5-7H,1,4,8H2,2-3H3/q+1. The molecule has 22 heavy (non-hydrogen) atoms. The molecule has 0 spiro atoms. The van der Waals surface area contributed by atoms with Gasteiger partial charge in [0, 0.05) is 0 Å². The van der Waals surface area contributed by atoms with Crippen LogP contribution >= 0.6 is 0 Å². The van der Waals surface area contributed by atoms with Crippen LogP contribution in [-0.2, 0) is 26.9 Å². The normalized spacial score (nSPS) is 11.7. The predicted molar refractivity (Wildman–Crippen MR) is 73.0 cm³/mol. The molecule has 118 valence electrons. The van der Waals surface area contributed by atoms with Crippen LogP contribution in [0.3, 0.4) is 0 Å². The van der Waals surface area contributed by atoms with Gasteiger partial charge >= 0.3 is 12.1 Å². The SMILES string of the molecule is [CH2+]COC(=O)C(C)(C)Cc1ccc(N=C=O)cc1C(F)(F)F. The highest BCUT2D eigenvalue weighted by Gasteiger charge is 2.37. The Bertz CT molecular complexity index is 603. The molecule has 0 aromatic heterocycles. The van der Waals surface area contributed by atoms with Gasteiger partial charge in [0.1, 0.15) is 6.92 Å². The average molecular weight is 314 g/mol. The second-order valence-corrected chi connectivity index (χ2v) is 5.24. The number of nitrogens with zero attached hydrogens (tertiary/aromatic N) is 1. The van der Waals surface area contributed by atoms with Gasteiger partial charge in [0.05, 0.1) is 16.7 Å². The third kappa shape index (κ3) is 4.36. The number of carbonyl (C=O) groups excluding carboxylic acids is 2. The Labute approximate surface area is 126 Å². The van der Waals surface area contributed by atoms with Crippen molar-refractivity contribution in [2.75, 3.05) is 6.61 Å². The summed E-state index contributed by atoms with van der Waals surface area (Å²) in [6.07, 6.45) is -3.61. The van der Waals surface area contributed by atoms with Crippen LogP contribution in [0.4, 0.5) is 18.9 Å². The van der Waals surface area contributed by atoms with Crippen molar-refractivity contribution in [2.24, 2.45) is 10.4 Å². The van der Waals surface area contributed by atoms with Gasteiger partial charge < -0.3 is 4.74 Å². The lowest BCUT2D eigenvalue weighted by molar-refractivity contribution is -0.153. The molecular formula is C15H15F3NO3+. The molecule has 0 atom stereocenters. The van der Waals surface area contributed by atoms with E-state index in [9.17, 15) is 22.8 Å². The fraction of sp³-hybridized carbons (Fsp3) is 0.400. The Morgan fingerprint density at radius 2 is 2.00 bits per heavy atom. The Hall–Kier alpha value is -2.27. The number of halogens is 3. The van der Waals surface area contributed by atoms with E-state index in [2.05, 4.69) is 11.9 Å². The van der Waals surface area contributed by atoms with Gasteiger partial charge in [0.15, 0.2) is 0 Å². The van der Waals surface area contributed by atoms with Gasteiger partial charge in [-0.2, -0.15) is 18.2 Å². The molecule has 4 nitrogen and oxygen atoms in total. The lowest BCUT2D eigenvalue weighted by Crippen LogP contribution is -2.30. The number of alkyl halides is 3. The maximum Gasteiger partial charge on any atom is 0.416 e. The zero-order valence-electron chi connectivity index (χ0n) is 12.2. The van der Waals surface area contributed by atoms with Crippen LogP contribution in [0.5, 0.6) is 0 Å². The number of aliphatic imine (C=N–C) groups is 1. The highest BCUT2D eigenvalue weighted by Crippen LogP contribution is 2.37. The third-order valence-corrected chi connectivity index (χ3v) is 2.99. The fourth-order valence-corrected chi connectivity index (χ4v) is 1.94. The molecule has 0 bridgehead atoms. The van der Waals surface area contributed by atoms with Crippen molar-refractivity contribution in [3.63, 3.8) is 0 Å². The minimum Gasteiger partial charge on any atom is -0.423 e. The Morgan fingerprint density at radius 1 is 1.36 bits per heavy atom. The topological polar surface area (TPSA) is 55.7 Å². The quantitative estimate of drug-likeness (QED) is 0.361. The van der Waals surface area contributed by atoms with Gasteiger partial charge in [-0.3, -0.25) is 4.79 Å². The fourth-order valence-electron chi connectivity index (χ4n) is 1.94. The summed E-state index contributed by atoms with van der Waals surface area (Å²) in [5, 5.41) is 0. The molecule has 0 radical (unpaired) electrons. The van der Waals surface area contributed by atoms with Gasteiger partial charge in [-0.1, -0.05) is 6.07 Å². The lowest BCUT2D eigenvalue weighted by Gasteiger charge is -2.23. The zero-order valence-corrected chi connectivity index (χ0v) is 12.2. The first-order valence-corrected chi connectivity index (χ1v) is 6.36. The summed E-state index contributed by atoms with van der Waals surface area (Å²) in [5.41, 5.74) is -2.32. The first-order chi connectivity index (χ1) is 10.1. The Kier molecular flexibility index (Phi) is 5.38. The van der Waals surface area contributed by atoms with Crippen LogP contribution < -0.4 is 0 Å². The van der Waals surface area contributed by atoms with E-state index in [4.69, 9.17) is 4.74 Å². The van der Waals surface area contributed by atoms with Crippen molar-refractivity contribution < 1.29 is 27.5 Å². The minimum atomic E-state index is -4.63. The third-order valence-electron chi connectivity index (χ3n) is 2.99. The smallest absolute Gasteiger partial charge is 0.416 e. The number of isocyanates is 1. The molecule has 0 heterocycles. The second kappa shape index (κ2) is 6.66. The van der Waals surface area contributed by atoms with E-state index >= 15 is 0 Å². The van der Waals surface area contributed by atoms with E-state index in [0.29, 0.717) is 0 Å². The molecule has 1 aromatic rings. The summed E-state index contributed by atoms with van der Waals surface area (Å²) in [7, 11) is 0. The summed E-state index contributed by atoms with van der Waals surface area (Å²) in [5.74, 6) is -0.634. The maximum absolute atomic E-state index is 13.1. The zero-order chi connectivity index (χ0) is 17.0. The van der Waals surface area contributed by atoms with Gasteiger partial charge in [0.25, 0.3) is 0 Å². The van der Waals surface area contributed by atoms with E-state index in [1.165, 1.54) is 32.1 Å². The summed E-state index contributed by atoms with van der Waals surface area (Å²) in [4.78, 5) is 25.1. The van der Waals surface area contributed by atoms with Crippen LogP contribution in [0, 0.1) is 12.3 Å². The number of rotatable bonds is 5. The number of hydrogen-bond acceptors (Lipinski definition) is 4. The molecule has 0 aliphatic rings. The van der Waals surface area contributed by atoms with Crippen molar-refractivity contribution in [3.05, 3.63) is 36.2 Å². The average Bonchev–Trinajstić information content (AvgIpc) is 2.39. The van der Waals surface area contributed by atoms with Crippen molar-refractivity contribution in [2.45, 2.75) is 26.4 Å². The molecule has 0 N–H and O–H groups in total. The monoisotopic (exact) mass is 314 g/mol. The summed E-state index contributed by atoms with van der Waals surface area (Å²) in [6, 6.07) is 3.21. The second-order valence-electron chi connectivity index (χ2n) is 5.24. The van der Waals surface area contributed by atoms with Crippen LogP contribution in [0.1, 0.15) is 25.0 Å². The first kappa shape index (κ1) is 17.8. The van der Waals surface area contributed by atoms with E-state index < -0.39 is 23.1 Å². The van der Waals surface area contributed by atoms with Crippen LogP contribution in [0.15, 0.2) is 23.2 Å². The van der Waals surface area contributed by atoms with Crippen molar-refractivity contribution in [1.82, 2.24) is 0 Å². The highest BCUT2D eigenvalue weighted by molar-refractivity contribution is 5.76. The molecule has 0 aliphatic heterocycles. The predicted octanol–water partition coefficient (Wildman–Crippen LogP) is 3.62. The van der Waals surface area contributed by atoms with Gasteiger partial charge in [0.2, 0.25) is 12.7 Å². The van der Waals surface area contributed by atoms with Crippen molar-refractivity contribution in [1.29, 1.82) is 0 Å². The van der Waals surface area contributed by atoms with Gasteiger partial charge in [-0.05, 0) is 38.0 Å². The maximum atomic E-state index is 13.1. The summed E-state index contributed by atoms with van der Waals surface area (Å²) < 4.78 is 44.1. The van der Waals surface area contributed by atoms with Crippen molar-refractivity contribution in [3.8, 4) is 0 Å². The molecule has 0 saturated carbocycles. The van der Waals surface area contributed by atoms with E-state index in [0.717, 1.165) is 6.07 Å². The molecule has 1 aromatic carbocycles. The van der Waals surface area contributed by atoms with Gasteiger partial charge in [-0.15, -0.1) is 0 Å². The molecule has 0 fully saturated rings. The lowest BCUT2D eigenvalue weighted by atomic mass is 9.84. The molecule has 0 unspecified atom stereocenters. The van der Waals surface area contributed by atoms with E-state index in [1.807, 2.05) is 0 Å².